The molecule has 3 nitrogen and oxygen atoms in total. The van der Waals surface area contributed by atoms with E-state index in [1.807, 2.05) is 20.8 Å². The quantitative estimate of drug-likeness (QED) is 0.740. The van der Waals surface area contributed by atoms with Crippen LogP contribution in [0.2, 0.25) is 0 Å². The molecule has 17 heavy (non-hydrogen) atoms. The molecule has 4 heteroatoms. The highest BCUT2D eigenvalue weighted by Gasteiger charge is 2.17. The highest BCUT2D eigenvalue weighted by molar-refractivity contribution is 5.34. The second-order valence-corrected chi connectivity index (χ2v) is 4.54. The zero-order chi connectivity index (χ0) is 13.0. The molecule has 1 aromatic carbocycles. The van der Waals surface area contributed by atoms with Crippen molar-refractivity contribution in [1.29, 1.82) is 0 Å². The van der Waals surface area contributed by atoms with Gasteiger partial charge < -0.3 is 15.5 Å². The number of hydrogen-bond acceptors (Lipinski definition) is 3. The van der Waals surface area contributed by atoms with E-state index in [0.717, 1.165) is 0 Å². The Morgan fingerprint density at radius 1 is 1.29 bits per heavy atom. The van der Waals surface area contributed by atoms with Gasteiger partial charge in [0.15, 0.2) is 0 Å². The predicted molar refractivity (Wildman–Crippen MR) is 65.3 cm³/mol. The van der Waals surface area contributed by atoms with Crippen molar-refractivity contribution in [3.63, 3.8) is 0 Å². The summed E-state index contributed by atoms with van der Waals surface area (Å²) in [6, 6.07) is 3.81. The summed E-state index contributed by atoms with van der Waals surface area (Å²) in [5, 5.41) is 21.9. The minimum atomic E-state index is -0.366. The van der Waals surface area contributed by atoms with Crippen LogP contribution in [0.1, 0.15) is 32.4 Å². The molecule has 0 radical (unpaired) electrons. The maximum Gasteiger partial charge on any atom is 0.123 e. The number of nitrogens with one attached hydrogen (secondary N) is 1. The monoisotopic (exact) mass is 241 g/mol. The van der Waals surface area contributed by atoms with E-state index in [-0.39, 0.29) is 36.2 Å². The molecule has 1 rings (SSSR count). The fourth-order valence-corrected chi connectivity index (χ4v) is 1.68. The lowest BCUT2D eigenvalue weighted by Crippen LogP contribution is -2.35. The number of aliphatic hydroxyl groups excluding tert-OH is 1. The van der Waals surface area contributed by atoms with Gasteiger partial charge in [-0.05, 0) is 38.0 Å². The Morgan fingerprint density at radius 2 is 1.94 bits per heavy atom. The number of halogens is 1. The van der Waals surface area contributed by atoms with Gasteiger partial charge in [0.05, 0.1) is 0 Å². The van der Waals surface area contributed by atoms with E-state index in [2.05, 4.69) is 5.32 Å². The van der Waals surface area contributed by atoms with Gasteiger partial charge in [0.2, 0.25) is 0 Å². The topological polar surface area (TPSA) is 52.5 Å². The Bertz CT molecular complexity index is 370. The standard InChI is InChI=1S/C13H20FNO2/c1-8(7-16)9(2)15-10(3)12-6-11(14)4-5-13(12)17/h4-6,8-10,15-17H,7H2,1-3H3. The number of hydrogen-bond donors (Lipinski definition) is 3. The first-order valence-electron chi connectivity index (χ1n) is 5.81. The number of benzene rings is 1. The SMILES string of the molecule is CC(NC(C)C(C)CO)c1cc(F)ccc1O. The van der Waals surface area contributed by atoms with Gasteiger partial charge in [-0.15, -0.1) is 0 Å². The lowest BCUT2D eigenvalue weighted by Gasteiger charge is -2.24. The van der Waals surface area contributed by atoms with E-state index < -0.39 is 0 Å². The summed E-state index contributed by atoms with van der Waals surface area (Å²) < 4.78 is 13.1. The van der Waals surface area contributed by atoms with Crippen LogP contribution >= 0.6 is 0 Å². The van der Waals surface area contributed by atoms with E-state index in [0.29, 0.717) is 5.56 Å². The summed E-state index contributed by atoms with van der Waals surface area (Å²) in [4.78, 5) is 0. The maximum absolute atomic E-state index is 13.1. The summed E-state index contributed by atoms with van der Waals surface area (Å²) in [5.74, 6) is -0.183. The normalized spacial score (nSPS) is 16.5. The first-order chi connectivity index (χ1) is 7.95. The summed E-state index contributed by atoms with van der Waals surface area (Å²) in [6.07, 6.45) is 0. The minimum Gasteiger partial charge on any atom is -0.508 e. The van der Waals surface area contributed by atoms with Gasteiger partial charge in [0.1, 0.15) is 11.6 Å². The fraction of sp³-hybridized carbons (Fsp3) is 0.538. The Labute approximate surface area is 101 Å². The third-order valence-electron chi connectivity index (χ3n) is 3.11. The largest absolute Gasteiger partial charge is 0.508 e. The molecule has 0 saturated carbocycles. The highest BCUT2D eigenvalue weighted by atomic mass is 19.1. The highest BCUT2D eigenvalue weighted by Crippen LogP contribution is 2.25. The van der Waals surface area contributed by atoms with E-state index in [9.17, 15) is 9.50 Å². The van der Waals surface area contributed by atoms with Crippen molar-refractivity contribution in [1.82, 2.24) is 5.32 Å². The van der Waals surface area contributed by atoms with Gasteiger partial charge in [-0.2, -0.15) is 0 Å². The third kappa shape index (κ3) is 3.68. The first-order valence-corrected chi connectivity index (χ1v) is 5.81. The van der Waals surface area contributed by atoms with Crippen LogP contribution in [0.3, 0.4) is 0 Å². The van der Waals surface area contributed by atoms with Gasteiger partial charge in [-0.1, -0.05) is 6.92 Å². The smallest absolute Gasteiger partial charge is 0.123 e. The van der Waals surface area contributed by atoms with Gasteiger partial charge in [-0.3, -0.25) is 0 Å². The predicted octanol–water partition coefficient (Wildman–Crippen LogP) is 2.20. The summed E-state index contributed by atoms with van der Waals surface area (Å²) >= 11 is 0. The Balaban J connectivity index is 2.75. The molecule has 0 spiro atoms. The van der Waals surface area contributed by atoms with E-state index in [4.69, 9.17) is 5.11 Å². The Hall–Kier alpha value is -1.13. The van der Waals surface area contributed by atoms with Crippen LogP contribution in [0, 0.1) is 11.7 Å². The summed E-state index contributed by atoms with van der Waals surface area (Å²) in [6.45, 7) is 5.83. The molecule has 0 fully saturated rings. The molecule has 0 aromatic heterocycles. The Morgan fingerprint density at radius 3 is 2.53 bits per heavy atom. The van der Waals surface area contributed by atoms with Crippen molar-refractivity contribution < 1.29 is 14.6 Å². The number of aliphatic hydroxyl groups is 1. The molecular formula is C13H20FNO2. The van der Waals surface area contributed by atoms with Crippen molar-refractivity contribution >= 4 is 0 Å². The molecule has 0 amide bonds. The van der Waals surface area contributed by atoms with Gasteiger partial charge >= 0.3 is 0 Å². The molecular weight excluding hydrogens is 221 g/mol. The van der Waals surface area contributed by atoms with Crippen LogP contribution in [0.15, 0.2) is 18.2 Å². The van der Waals surface area contributed by atoms with Crippen molar-refractivity contribution in [3.05, 3.63) is 29.6 Å². The summed E-state index contributed by atoms with van der Waals surface area (Å²) in [7, 11) is 0. The second kappa shape index (κ2) is 5.98. The lowest BCUT2D eigenvalue weighted by atomic mass is 10.0. The van der Waals surface area contributed by atoms with Gasteiger partial charge in [-0.25, -0.2) is 4.39 Å². The van der Waals surface area contributed by atoms with Crippen molar-refractivity contribution in [3.8, 4) is 5.75 Å². The molecule has 0 bridgehead atoms. The Kier molecular flexibility index (Phi) is 4.90. The average molecular weight is 241 g/mol. The number of rotatable bonds is 5. The third-order valence-corrected chi connectivity index (χ3v) is 3.11. The molecule has 3 unspecified atom stereocenters. The van der Waals surface area contributed by atoms with Crippen LogP contribution in [0.25, 0.3) is 0 Å². The molecule has 0 aliphatic carbocycles. The van der Waals surface area contributed by atoms with Crippen LogP contribution in [-0.4, -0.2) is 22.9 Å². The summed E-state index contributed by atoms with van der Waals surface area (Å²) in [5.41, 5.74) is 0.530. The molecule has 3 atom stereocenters. The molecule has 0 saturated heterocycles. The molecule has 96 valence electrons. The van der Waals surface area contributed by atoms with Crippen LogP contribution in [0.5, 0.6) is 5.75 Å². The fourth-order valence-electron chi connectivity index (χ4n) is 1.68. The second-order valence-electron chi connectivity index (χ2n) is 4.54. The molecule has 1 aromatic rings. The first kappa shape index (κ1) is 13.9. The lowest BCUT2D eigenvalue weighted by molar-refractivity contribution is 0.202. The molecule has 0 heterocycles. The van der Waals surface area contributed by atoms with E-state index in [1.54, 1.807) is 0 Å². The molecule has 3 N–H and O–H groups in total. The number of phenols is 1. The number of phenolic OH excluding ortho intramolecular Hbond substituents is 1. The van der Waals surface area contributed by atoms with Crippen LogP contribution in [0.4, 0.5) is 4.39 Å². The van der Waals surface area contributed by atoms with Gasteiger partial charge in [0, 0.05) is 24.3 Å². The average Bonchev–Trinajstić information content (AvgIpc) is 2.30. The number of aromatic hydroxyl groups is 1. The zero-order valence-electron chi connectivity index (χ0n) is 10.4. The van der Waals surface area contributed by atoms with Crippen molar-refractivity contribution in [2.45, 2.75) is 32.9 Å². The van der Waals surface area contributed by atoms with Crippen molar-refractivity contribution in [2.24, 2.45) is 5.92 Å². The molecule has 0 aliphatic heterocycles. The van der Waals surface area contributed by atoms with Crippen molar-refractivity contribution in [2.75, 3.05) is 6.61 Å². The van der Waals surface area contributed by atoms with E-state index >= 15 is 0 Å². The van der Waals surface area contributed by atoms with E-state index in [1.165, 1.54) is 18.2 Å². The minimum absolute atomic E-state index is 0.0789. The van der Waals surface area contributed by atoms with Crippen LogP contribution in [-0.2, 0) is 0 Å². The molecule has 0 aliphatic rings. The van der Waals surface area contributed by atoms with Crippen LogP contribution < -0.4 is 5.32 Å². The maximum atomic E-state index is 13.1. The van der Waals surface area contributed by atoms with Gasteiger partial charge in [0.25, 0.3) is 0 Å². The zero-order valence-corrected chi connectivity index (χ0v) is 10.4.